The zero-order valence-electron chi connectivity index (χ0n) is 8.53. The fourth-order valence-corrected chi connectivity index (χ4v) is 1.00. The third-order valence-corrected chi connectivity index (χ3v) is 1.63. The second-order valence-electron chi connectivity index (χ2n) is 3.22. The summed E-state index contributed by atoms with van der Waals surface area (Å²) in [6, 6.07) is 4.32. The number of aliphatic imine (C=N–C) groups is 1. The lowest BCUT2D eigenvalue weighted by Gasteiger charge is -2.04. The van der Waals surface area contributed by atoms with Gasteiger partial charge in [0, 0.05) is 19.8 Å². The largest absolute Gasteiger partial charge is 0.399 e. The SMILES string of the molecule is CN(C)/C=N/c1cc(N)cc(F)c1C#N. The van der Waals surface area contributed by atoms with Gasteiger partial charge in [-0.25, -0.2) is 9.38 Å². The molecule has 0 saturated heterocycles. The Kier molecular flexibility index (Phi) is 3.24. The van der Waals surface area contributed by atoms with Gasteiger partial charge in [-0.3, -0.25) is 0 Å². The van der Waals surface area contributed by atoms with Crippen LogP contribution in [-0.2, 0) is 0 Å². The molecule has 0 heterocycles. The molecule has 78 valence electrons. The van der Waals surface area contributed by atoms with E-state index in [2.05, 4.69) is 4.99 Å². The maximum atomic E-state index is 13.2. The molecule has 0 aromatic heterocycles. The third-order valence-electron chi connectivity index (χ3n) is 1.63. The zero-order valence-corrected chi connectivity index (χ0v) is 8.53. The number of benzene rings is 1. The molecule has 15 heavy (non-hydrogen) atoms. The summed E-state index contributed by atoms with van der Waals surface area (Å²) < 4.78 is 13.2. The number of hydrogen-bond donors (Lipinski definition) is 1. The summed E-state index contributed by atoms with van der Waals surface area (Å²) in [5.74, 6) is -0.650. The first-order valence-corrected chi connectivity index (χ1v) is 4.24. The minimum Gasteiger partial charge on any atom is -0.399 e. The molecular formula is C10H11FN4. The average Bonchev–Trinajstić information content (AvgIpc) is 2.13. The first-order chi connectivity index (χ1) is 7.04. The molecule has 0 aliphatic heterocycles. The minimum atomic E-state index is -0.650. The summed E-state index contributed by atoms with van der Waals surface area (Å²) in [6.07, 6.45) is 1.48. The summed E-state index contributed by atoms with van der Waals surface area (Å²) in [7, 11) is 3.55. The molecule has 0 bridgehead atoms. The maximum Gasteiger partial charge on any atom is 0.145 e. The van der Waals surface area contributed by atoms with Gasteiger partial charge in [-0.15, -0.1) is 0 Å². The summed E-state index contributed by atoms with van der Waals surface area (Å²) in [5.41, 5.74) is 5.84. The molecule has 1 rings (SSSR count). The van der Waals surface area contributed by atoms with E-state index in [-0.39, 0.29) is 16.9 Å². The molecular weight excluding hydrogens is 195 g/mol. The van der Waals surface area contributed by atoms with Crippen LogP contribution in [0.3, 0.4) is 0 Å². The predicted molar refractivity (Wildman–Crippen MR) is 57.4 cm³/mol. The van der Waals surface area contributed by atoms with Gasteiger partial charge in [0.1, 0.15) is 17.4 Å². The number of nitrogen functional groups attached to an aromatic ring is 1. The smallest absolute Gasteiger partial charge is 0.145 e. The lowest BCUT2D eigenvalue weighted by atomic mass is 10.1. The third kappa shape index (κ3) is 2.68. The van der Waals surface area contributed by atoms with E-state index in [1.165, 1.54) is 12.4 Å². The van der Waals surface area contributed by atoms with Gasteiger partial charge >= 0.3 is 0 Å². The first kappa shape index (κ1) is 11.0. The summed E-state index contributed by atoms with van der Waals surface area (Å²) >= 11 is 0. The van der Waals surface area contributed by atoms with Crippen molar-refractivity contribution in [2.75, 3.05) is 19.8 Å². The molecule has 0 aliphatic carbocycles. The molecule has 0 aliphatic rings. The molecule has 0 saturated carbocycles. The highest BCUT2D eigenvalue weighted by Crippen LogP contribution is 2.24. The molecule has 0 radical (unpaired) electrons. The Morgan fingerprint density at radius 2 is 2.20 bits per heavy atom. The first-order valence-electron chi connectivity index (χ1n) is 4.24. The molecule has 2 N–H and O–H groups in total. The Labute approximate surface area is 87.4 Å². The van der Waals surface area contributed by atoms with Crippen LogP contribution in [-0.4, -0.2) is 25.3 Å². The molecule has 0 fully saturated rings. The average molecular weight is 206 g/mol. The van der Waals surface area contributed by atoms with E-state index < -0.39 is 5.82 Å². The highest BCUT2D eigenvalue weighted by atomic mass is 19.1. The van der Waals surface area contributed by atoms with E-state index in [0.717, 1.165) is 6.07 Å². The lowest BCUT2D eigenvalue weighted by molar-refractivity contribution is 0.624. The topological polar surface area (TPSA) is 65.4 Å². The summed E-state index contributed by atoms with van der Waals surface area (Å²) in [6.45, 7) is 0. The normalized spacial score (nSPS) is 10.3. The van der Waals surface area contributed by atoms with Gasteiger partial charge in [-0.1, -0.05) is 0 Å². The lowest BCUT2D eigenvalue weighted by Crippen LogP contribution is -2.07. The van der Waals surface area contributed by atoms with Crippen LogP contribution in [0.25, 0.3) is 0 Å². The Hall–Kier alpha value is -2.09. The van der Waals surface area contributed by atoms with Gasteiger partial charge < -0.3 is 10.6 Å². The number of nitriles is 1. The van der Waals surface area contributed by atoms with Gasteiger partial charge in [0.25, 0.3) is 0 Å². The van der Waals surface area contributed by atoms with E-state index in [9.17, 15) is 4.39 Å². The number of anilines is 1. The van der Waals surface area contributed by atoms with E-state index in [1.54, 1.807) is 25.1 Å². The second kappa shape index (κ2) is 4.42. The Bertz CT molecular complexity index is 432. The summed E-state index contributed by atoms with van der Waals surface area (Å²) in [4.78, 5) is 5.64. The van der Waals surface area contributed by atoms with Crippen LogP contribution in [0.5, 0.6) is 0 Å². The van der Waals surface area contributed by atoms with Crippen molar-refractivity contribution in [2.24, 2.45) is 4.99 Å². The Morgan fingerprint density at radius 1 is 1.53 bits per heavy atom. The van der Waals surface area contributed by atoms with E-state index >= 15 is 0 Å². The van der Waals surface area contributed by atoms with Gasteiger partial charge in [-0.2, -0.15) is 5.26 Å². The molecule has 0 atom stereocenters. The van der Waals surface area contributed by atoms with Crippen LogP contribution in [0.1, 0.15) is 5.56 Å². The van der Waals surface area contributed by atoms with Crippen molar-refractivity contribution >= 4 is 17.7 Å². The fraction of sp³-hybridized carbons (Fsp3) is 0.200. The van der Waals surface area contributed by atoms with Crippen molar-refractivity contribution in [2.45, 2.75) is 0 Å². The van der Waals surface area contributed by atoms with Crippen molar-refractivity contribution in [3.63, 3.8) is 0 Å². The van der Waals surface area contributed by atoms with Crippen LogP contribution in [0, 0.1) is 17.1 Å². The van der Waals surface area contributed by atoms with Crippen molar-refractivity contribution in [1.82, 2.24) is 4.90 Å². The number of nitrogens with zero attached hydrogens (tertiary/aromatic N) is 3. The molecule has 5 heteroatoms. The fourth-order valence-electron chi connectivity index (χ4n) is 1.00. The molecule has 1 aromatic rings. The highest BCUT2D eigenvalue weighted by Gasteiger charge is 2.08. The van der Waals surface area contributed by atoms with E-state index in [1.807, 2.05) is 0 Å². The minimum absolute atomic E-state index is 0.0951. The molecule has 0 spiro atoms. The predicted octanol–water partition coefficient (Wildman–Crippen LogP) is 1.50. The Balaban J connectivity index is 3.22. The van der Waals surface area contributed by atoms with Crippen molar-refractivity contribution in [3.8, 4) is 6.07 Å². The van der Waals surface area contributed by atoms with Crippen LogP contribution in [0.15, 0.2) is 17.1 Å². The zero-order chi connectivity index (χ0) is 11.4. The monoisotopic (exact) mass is 206 g/mol. The van der Waals surface area contributed by atoms with E-state index in [4.69, 9.17) is 11.0 Å². The molecule has 1 aromatic carbocycles. The van der Waals surface area contributed by atoms with E-state index in [0.29, 0.717) is 0 Å². The van der Waals surface area contributed by atoms with Crippen LogP contribution >= 0.6 is 0 Å². The quantitative estimate of drug-likeness (QED) is 0.453. The van der Waals surface area contributed by atoms with Crippen LogP contribution in [0.4, 0.5) is 15.8 Å². The Morgan fingerprint density at radius 3 is 2.73 bits per heavy atom. The maximum absolute atomic E-state index is 13.2. The highest BCUT2D eigenvalue weighted by molar-refractivity contribution is 5.68. The number of nitrogens with two attached hydrogens (primary N) is 1. The molecule has 0 amide bonds. The van der Waals surface area contributed by atoms with Gasteiger partial charge in [-0.05, 0) is 12.1 Å². The number of halogens is 1. The van der Waals surface area contributed by atoms with Crippen molar-refractivity contribution in [3.05, 3.63) is 23.5 Å². The van der Waals surface area contributed by atoms with Gasteiger partial charge in [0.05, 0.1) is 12.0 Å². The second-order valence-corrected chi connectivity index (χ2v) is 3.22. The summed E-state index contributed by atoms with van der Waals surface area (Å²) in [5, 5.41) is 8.74. The van der Waals surface area contributed by atoms with Crippen molar-refractivity contribution in [1.29, 1.82) is 5.26 Å². The van der Waals surface area contributed by atoms with Crippen LogP contribution in [0.2, 0.25) is 0 Å². The number of rotatable bonds is 2. The number of hydrogen-bond acceptors (Lipinski definition) is 3. The molecule has 0 unspecified atom stereocenters. The van der Waals surface area contributed by atoms with Crippen LogP contribution < -0.4 is 5.73 Å². The van der Waals surface area contributed by atoms with Gasteiger partial charge in [0.2, 0.25) is 0 Å². The standard InChI is InChI=1S/C10H11FN4/c1-15(2)6-14-10-4-7(13)3-9(11)8(10)5-12/h3-4,6H,13H2,1-2H3/b14-6+. The van der Waals surface area contributed by atoms with Gasteiger partial charge in [0.15, 0.2) is 0 Å². The molecule has 4 nitrogen and oxygen atoms in total. The van der Waals surface area contributed by atoms with Crippen molar-refractivity contribution < 1.29 is 4.39 Å².